The molecule has 2 N–H and O–H groups in total. The number of carbonyl (C=O) groups excluding carboxylic acids is 4. The molecule has 1 aliphatic heterocycles. The van der Waals surface area contributed by atoms with Crippen molar-refractivity contribution in [2.45, 2.75) is 38.0 Å². The first-order chi connectivity index (χ1) is 11.4. The molecule has 0 radical (unpaired) electrons. The summed E-state index contributed by atoms with van der Waals surface area (Å²) in [4.78, 5) is 48.1. The first kappa shape index (κ1) is 20.4. The van der Waals surface area contributed by atoms with Crippen LogP contribution in [0.25, 0.3) is 0 Å². The Labute approximate surface area is 146 Å². The highest BCUT2D eigenvalue weighted by molar-refractivity contribution is 8.00. The molecular formula is C15H25N3O5S. The van der Waals surface area contributed by atoms with E-state index < -0.39 is 6.10 Å². The third-order valence-corrected chi connectivity index (χ3v) is 4.52. The number of hydrogen-bond acceptors (Lipinski definition) is 6. The molecule has 24 heavy (non-hydrogen) atoms. The maximum absolute atomic E-state index is 11.9. The quantitative estimate of drug-likeness (QED) is 0.403. The highest BCUT2D eigenvalue weighted by Gasteiger charge is 2.37. The Balaban J connectivity index is 2.20. The van der Waals surface area contributed by atoms with E-state index in [1.807, 2.05) is 0 Å². The Bertz CT molecular complexity index is 486. The van der Waals surface area contributed by atoms with Crippen molar-refractivity contribution in [2.75, 3.05) is 32.5 Å². The lowest BCUT2D eigenvalue weighted by molar-refractivity contribution is -0.138. The summed E-state index contributed by atoms with van der Waals surface area (Å²) in [5, 5.41) is 4.96. The van der Waals surface area contributed by atoms with Gasteiger partial charge in [0.15, 0.2) is 0 Å². The molecular weight excluding hydrogens is 334 g/mol. The summed E-state index contributed by atoms with van der Waals surface area (Å²) in [6, 6.07) is 0. The predicted molar refractivity (Wildman–Crippen MR) is 90.4 cm³/mol. The lowest BCUT2D eigenvalue weighted by Gasteiger charge is -2.15. The molecule has 4 amide bonds. The van der Waals surface area contributed by atoms with Crippen LogP contribution in [0.5, 0.6) is 0 Å². The van der Waals surface area contributed by atoms with Crippen LogP contribution < -0.4 is 10.6 Å². The fourth-order valence-corrected chi connectivity index (χ4v) is 2.87. The summed E-state index contributed by atoms with van der Waals surface area (Å²) in [5.41, 5.74) is 0. The third kappa shape index (κ3) is 6.12. The molecule has 9 heteroatoms. The third-order valence-electron chi connectivity index (χ3n) is 3.58. The second-order valence-electron chi connectivity index (χ2n) is 5.30. The van der Waals surface area contributed by atoms with Crippen LogP contribution in [0.3, 0.4) is 0 Å². The molecule has 0 saturated carbocycles. The maximum atomic E-state index is 11.9. The fourth-order valence-electron chi connectivity index (χ4n) is 2.23. The number of thioether (sulfide) groups is 1. The van der Waals surface area contributed by atoms with Crippen LogP contribution in [0.2, 0.25) is 0 Å². The summed E-state index contributed by atoms with van der Waals surface area (Å²) < 4.78 is 5.14. The van der Waals surface area contributed by atoms with Gasteiger partial charge in [0.2, 0.25) is 23.6 Å². The largest absolute Gasteiger partial charge is 0.369 e. The van der Waals surface area contributed by atoms with Gasteiger partial charge in [0.05, 0.1) is 5.25 Å². The van der Waals surface area contributed by atoms with E-state index in [0.29, 0.717) is 6.61 Å². The molecule has 2 atom stereocenters. The number of nitrogens with one attached hydrogen (secondary N) is 2. The van der Waals surface area contributed by atoms with E-state index >= 15 is 0 Å². The van der Waals surface area contributed by atoms with E-state index in [1.165, 1.54) is 11.8 Å². The van der Waals surface area contributed by atoms with Gasteiger partial charge in [-0.25, -0.2) is 0 Å². The van der Waals surface area contributed by atoms with Gasteiger partial charge in [-0.05, 0) is 20.1 Å². The van der Waals surface area contributed by atoms with Gasteiger partial charge in [-0.3, -0.25) is 24.1 Å². The van der Waals surface area contributed by atoms with Gasteiger partial charge in [0.1, 0.15) is 6.10 Å². The first-order valence-electron chi connectivity index (χ1n) is 7.93. The Morgan fingerprint density at radius 3 is 2.58 bits per heavy atom. The van der Waals surface area contributed by atoms with Crippen LogP contribution in [-0.4, -0.2) is 72.4 Å². The van der Waals surface area contributed by atoms with E-state index in [2.05, 4.69) is 10.6 Å². The van der Waals surface area contributed by atoms with Crippen molar-refractivity contribution >= 4 is 35.4 Å². The summed E-state index contributed by atoms with van der Waals surface area (Å²) in [5.74, 6) is -0.959. The number of rotatable bonds is 10. The van der Waals surface area contributed by atoms with Crippen LogP contribution >= 0.6 is 11.8 Å². The van der Waals surface area contributed by atoms with Gasteiger partial charge >= 0.3 is 0 Å². The average molecular weight is 359 g/mol. The molecule has 0 aromatic heterocycles. The monoisotopic (exact) mass is 359 g/mol. The summed E-state index contributed by atoms with van der Waals surface area (Å²) in [6.45, 7) is 4.58. The van der Waals surface area contributed by atoms with E-state index in [4.69, 9.17) is 4.74 Å². The molecule has 1 fully saturated rings. The van der Waals surface area contributed by atoms with Gasteiger partial charge in [0, 0.05) is 39.1 Å². The van der Waals surface area contributed by atoms with Gasteiger partial charge < -0.3 is 15.4 Å². The maximum Gasteiger partial charge on any atom is 0.248 e. The Morgan fingerprint density at radius 1 is 1.33 bits per heavy atom. The Morgan fingerprint density at radius 2 is 2.00 bits per heavy atom. The number of likely N-dealkylation sites (tertiary alicyclic amines) is 1. The number of nitrogens with zero attached hydrogens (tertiary/aromatic N) is 1. The van der Waals surface area contributed by atoms with Crippen molar-refractivity contribution < 1.29 is 23.9 Å². The number of ether oxygens (including phenoxy) is 1. The number of carbonyl (C=O) groups is 4. The van der Waals surface area contributed by atoms with E-state index in [0.717, 1.165) is 4.90 Å². The molecule has 136 valence electrons. The fraction of sp³-hybridized carbons (Fsp3) is 0.733. The lowest BCUT2D eigenvalue weighted by Crippen LogP contribution is -2.40. The van der Waals surface area contributed by atoms with Crippen LogP contribution in [-0.2, 0) is 23.9 Å². The minimum Gasteiger partial charge on any atom is -0.369 e. The zero-order valence-electron chi connectivity index (χ0n) is 14.3. The second kappa shape index (κ2) is 10.3. The Hall–Kier alpha value is -1.61. The van der Waals surface area contributed by atoms with Gasteiger partial charge in [-0.1, -0.05) is 0 Å². The number of hydrogen-bond donors (Lipinski definition) is 2. The highest BCUT2D eigenvalue weighted by atomic mass is 32.2. The molecule has 0 aromatic carbocycles. The van der Waals surface area contributed by atoms with Crippen molar-refractivity contribution in [3.63, 3.8) is 0 Å². The SMILES string of the molecule is CCOC(C)C(=O)NCCNC(=O)CCN1C(=O)CC(SC)C1=O. The van der Waals surface area contributed by atoms with Gasteiger partial charge in [0.25, 0.3) is 0 Å². The molecule has 1 rings (SSSR count). The summed E-state index contributed by atoms with van der Waals surface area (Å²) in [6.07, 6.45) is 1.52. The molecule has 1 aliphatic rings. The standard InChI is InChI=1S/C15H25N3O5S/c1-4-23-10(2)14(21)17-7-6-16-12(19)5-8-18-13(20)9-11(24-3)15(18)22/h10-11H,4-9H2,1-3H3,(H,16,19)(H,17,21). The van der Waals surface area contributed by atoms with Gasteiger partial charge in [-0.15, -0.1) is 0 Å². The van der Waals surface area contributed by atoms with Gasteiger partial charge in [-0.2, -0.15) is 11.8 Å². The average Bonchev–Trinajstić information content (AvgIpc) is 2.83. The van der Waals surface area contributed by atoms with Crippen LogP contribution in [0.15, 0.2) is 0 Å². The molecule has 0 spiro atoms. The van der Waals surface area contributed by atoms with Crippen molar-refractivity contribution in [3.8, 4) is 0 Å². The first-order valence-corrected chi connectivity index (χ1v) is 9.22. The zero-order chi connectivity index (χ0) is 18.1. The van der Waals surface area contributed by atoms with Crippen molar-refractivity contribution in [3.05, 3.63) is 0 Å². The molecule has 0 aliphatic carbocycles. The number of imide groups is 1. The minimum absolute atomic E-state index is 0.0574. The Kier molecular flexibility index (Phi) is 8.77. The molecule has 1 heterocycles. The molecule has 8 nitrogen and oxygen atoms in total. The number of amides is 4. The normalized spacial score (nSPS) is 18.6. The summed E-state index contributed by atoms with van der Waals surface area (Å²) in [7, 11) is 0. The zero-order valence-corrected chi connectivity index (χ0v) is 15.1. The summed E-state index contributed by atoms with van der Waals surface area (Å²) >= 11 is 1.34. The lowest BCUT2D eigenvalue weighted by atomic mass is 10.3. The van der Waals surface area contributed by atoms with Crippen LogP contribution in [0, 0.1) is 0 Å². The van der Waals surface area contributed by atoms with Crippen LogP contribution in [0.1, 0.15) is 26.7 Å². The van der Waals surface area contributed by atoms with E-state index in [9.17, 15) is 19.2 Å². The molecule has 1 saturated heterocycles. The smallest absolute Gasteiger partial charge is 0.248 e. The van der Waals surface area contributed by atoms with E-state index in [-0.39, 0.29) is 61.4 Å². The molecule has 0 bridgehead atoms. The molecule has 0 aromatic rings. The van der Waals surface area contributed by atoms with E-state index in [1.54, 1.807) is 20.1 Å². The predicted octanol–water partition coefficient (Wildman–Crippen LogP) is -0.476. The van der Waals surface area contributed by atoms with Crippen molar-refractivity contribution in [2.24, 2.45) is 0 Å². The van der Waals surface area contributed by atoms with Crippen molar-refractivity contribution in [1.82, 2.24) is 15.5 Å². The van der Waals surface area contributed by atoms with Crippen molar-refractivity contribution in [1.29, 1.82) is 0 Å². The molecule has 2 unspecified atom stereocenters. The second-order valence-corrected chi connectivity index (χ2v) is 6.34. The minimum atomic E-state index is -0.526. The topological polar surface area (TPSA) is 105 Å². The highest BCUT2D eigenvalue weighted by Crippen LogP contribution is 2.22. The van der Waals surface area contributed by atoms with Crippen LogP contribution in [0.4, 0.5) is 0 Å².